The minimum absolute atomic E-state index is 0.0306. The molecule has 0 saturated heterocycles. The van der Waals surface area contributed by atoms with Crippen LogP contribution < -0.4 is 10.1 Å². The van der Waals surface area contributed by atoms with E-state index >= 15 is 0 Å². The van der Waals surface area contributed by atoms with Crippen LogP contribution in [-0.4, -0.2) is 6.54 Å². The van der Waals surface area contributed by atoms with Crippen molar-refractivity contribution in [3.05, 3.63) is 58.1 Å². The Kier molecular flexibility index (Phi) is 4.79. The Morgan fingerprint density at radius 1 is 1.11 bits per heavy atom. The standard InChI is InChI=1S/C22H24F3NO/c1-14-17-10-11-26-20(17)8-9-21(14)27-13-15-6-7-18(16-4-2-3-5-16)19(12-15)22(23,24)25/h6-9,12,16,26H,2-5,10-11,13H2,1H3. The van der Waals surface area contributed by atoms with Gasteiger partial charge in [0, 0.05) is 12.2 Å². The molecule has 0 radical (unpaired) electrons. The van der Waals surface area contributed by atoms with Crippen LogP contribution in [0.1, 0.15) is 59.4 Å². The fourth-order valence-electron chi connectivity index (χ4n) is 4.39. The molecule has 1 fully saturated rings. The van der Waals surface area contributed by atoms with Gasteiger partial charge >= 0.3 is 6.18 Å². The number of ether oxygens (including phenoxy) is 1. The molecule has 27 heavy (non-hydrogen) atoms. The zero-order chi connectivity index (χ0) is 19.0. The molecule has 5 heteroatoms. The summed E-state index contributed by atoms with van der Waals surface area (Å²) in [6.45, 7) is 3.06. The molecule has 4 rings (SSSR count). The summed E-state index contributed by atoms with van der Waals surface area (Å²) in [6, 6.07) is 8.60. The Bertz CT molecular complexity index is 838. The Balaban J connectivity index is 1.56. The Labute approximate surface area is 157 Å². The largest absolute Gasteiger partial charge is 0.489 e. The predicted octanol–water partition coefficient (Wildman–Crippen LogP) is 6.22. The second-order valence-electron chi connectivity index (χ2n) is 7.58. The third kappa shape index (κ3) is 3.64. The van der Waals surface area contributed by atoms with Crippen molar-refractivity contribution in [2.75, 3.05) is 11.9 Å². The third-order valence-electron chi connectivity index (χ3n) is 5.85. The molecule has 1 aliphatic heterocycles. The van der Waals surface area contributed by atoms with Gasteiger partial charge in [-0.3, -0.25) is 0 Å². The number of alkyl halides is 3. The number of hydrogen-bond acceptors (Lipinski definition) is 2. The van der Waals surface area contributed by atoms with Gasteiger partial charge in [-0.15, -0.1) is 0 Å². The lowest BCUT2D eigenvalue weighted by atomic mass is 9.91. The van der Waals surface area contributed by atoms with Crippen LogP contribution in [0, 0.1) is 6.92 Å². The molecule has 1 heterocycles. The van der Waals surface area contributed by atoms with E-state index in [1.807, 2.05) is 19.1 Å². The van der Waals surface area contributed by atoms with Crippen molar-refractivity contribution in [3.63, 3.8) is 0 Å². The van der Waals surface area contributed by atoms with Gasteiger partial charge in [0.1, 0.15) is 12.4 Å². The van der Waals surface area contributed by atoms with E-state index in [-0.39, 0.29) is 12.5 Å². The first-order valence-electron chi connectivity index (χ1n) is 9.62. The van der Waals surface area contributed by atoms with Crippen LogP contribution in [0.25, 0.3) is 0 Å². The van der Waals surface area contributed by atoms with Gasteiger partial charge in [-0.05, 0) is 72.6 Å². The second kappa shape index (κ2) is 7.10. The lowest BCUT2D eigenvalue weighted by Crippen LogP contribution is -2.12. The molecule has 2 aliphatic rings. The SMILES string of the molecule is Cc1c(OCc2ccc(C3CCCC3)c(C(F)(F)F)c2)ccc2c1CCN2. The molecule has 0 spiro atoms. The Hall–Kier alpha value is -2.17. The number of anilines is 1. The number of halogens is 3. The summed E-state index contributed by atoms with van der Waals surface area (Å²) in [5.41, 5.74) is 3.94. The molecular formula is C22H24F3NO. The van der Waals surface area contributed by atoms with E-state index in [1.54, 1.807) is 12.1 Å². The first-order chi connectivity index (χ1) is 12.9. The van der Waals surface area contributed by atoms with Crippen molar-refractivity contribution < 1.29 is 17.9 Å². The summed E-state index contributed by atoms with van der Waals surface area (Å²) in [6.07, 6.45) is 0.344. The lowest BCUT2D eigenvalue weighted by molar-refractivity contribution is -0.138. The maximum Gasteiger partial charge on any atom is 0.416 e. The van der Waals surface area contributed by atoms with Crippen molar-refractivity contribution in [3.8, 4) is 5.75 Å². The normalized spacial score (nSPS) is 17.0. The van der Waals surface area contributed by atoms with Crippen LogP contribution >= 0.6 is 0 Å². The fourth-order valence-corrected chi connectivity index (χ4v) is 4.39. The Morgan fingerprint density at radius 2 is 1.89 bits per heavy atom. The highest BCUT2D eigenvalue weighted by Gasteiger charge is 2.36. The summed E-state index contributed by atoms with van der Waals surface area (Å²) in [5, 5.41) is 3.32. The maximum absolute atomic E-state index is 13.6. The monoisotopic (exact) mass is 375 g/mol. The number of rotatable bonds is 4. The predicted molar refractivity (Wildman–Crippen MR) is 100 cm³/mol. The Morgan fingerprint density at radius 3 is 2.63 bits per heavy atom. The smallest absolute Gasteiger partial charge is 0.416 e. The molecule has 2 nitrogen and oxygen atoms in total. The van der Waals surface area contributed by atoms with Crippen LogP contribution in [0.2, 0.25) is 0 Å². The molecule has 0 aromatic heterocycles. The molecule has 2 aromatic carbocycles. The number of hydrogen-bond donors (Lipinski definition) is 1. The molecule has 0 bridgehead atoms. The van der Waals surface area contributed by atoms with Crippen molar-refractivity contribution in [1.82, 2.24) is 0 Å². The first-order valence-corrected chi connectivity index (χ1v) is 9.62. The lowest BCUT2D eigenvalue weighted by Gasteiger charge is -2.19. The highest BCUT2D eigenvalue weighted by atomic mass is 19.4. The average molecular weight is 375 g/mol. The van der Waals surface area contributed by atoms with E-state index in [1.165, 1.54) is 11.6 Å². The van der Waals surface area contributed by atoms with E-state index in [0.29, 0.717) is 11.1 Å². The van der Waals surface area contributed by atoms with Crippen LogP contribution in [0.15, 0.2) is 30.3 Å². The number of nitrogens with one attached hydrogen (secondary N) is 1. The zero-order valence-corrected chi connectivity index (χ0v) is 15.5. The van der Waals surface area contributed by atoms with Crippen molar-refractivity contribution in [2.24, 2.45) is 0 Å². The topological polar surface area (TPSA) is 21.3 Å². The molecule has 144 valence electrons. The van der Waals surface area contributed by atoms with Crippen LogP contribution in [0.5, 0.6) is 5.75 Å². The van der Waals surface area contributed by atoms with Crippen LogP contribution in [0.4, 0.5) is 18.9 Å². The maximum atomic E-state index is 13.6. The fraction of sp³-hybridized carbons (Fsp3) is 0.455. The van der Waals surface area contributed by atoms with Gasteiger partial charge in [0.25, 0.3) is 0 Å². The molecule has 0 unspecified atom stereocenters. The van der Waals surface area contributed by atoms with Gasteiger partial charge < -0.3 is 10.1 Å². The summed E-state index contributed by atoms with van der Waals surface area (Å²) in [5.74, 6) is 0.772. The quantitative estimate of drug-likeness (QED) is 0.685. The highest BCUT2D eigenvalue weighted by Crippen LogP contribution is 2.42. The molecule has 1 aliphatic carbocycles. The highest BCUT2D eigenvalue weighted by molar-refractivity contribution is 5.62. The van der Waals surface area contributed by atoms with Gasteiger partial charge in [-0.25, -0.2) is 0 Å². The molecular weight excluding hydrogens is 351 g/mol. The summed E-state index contributed by atoms with van der Waals surface area (Å²) in [7, 11) is 0. The molecule has 0 amide bonds. The van der Waals surface area contributed by atoms with Crippen molar-refractivity contribution in [1.29, 1.82) is 0 Å². The van der Waals surface area contributed by atoms with Gasteiger partial charge in [-0.1, -0.05) is 25.0 Å². The molecule has 1 saturated carbocycles. The zero-order valence-electron chi connectivity index (χ0n) is 15.5. The molecule has 1 N–H and O–H groups in total. The summed E-state index contributed by atoms with van der Waals surface area (Å²) in [4.78, 5) is 0. The van der Waals surface area contributed by atoms with Gasteiger partial charge in [0.2, 0.25) is 0 Å². The van der Waals surface area contributed by atoms with Crippen molar-refractivity contribution >= 4 is 5.69 Å². The van der Waals surface area contributed by atoms with Crippen LogP contribution in [-0.2, 0) is 19.2 Å². The minimum Gasteiger partial charge on any atom is -0.489 e. The van der Waals surface area contributed by atoms with Crippen molar-refractivity contribution in [2.45, 2.75) is 57.7 Å². The molecule has 2 aromatic rings. The molecule has 0 atom stereocenters. The van der Waals surface area contributed by atoms with Crippen LogP contribution in [0.3, 0.4) is 0 Å². The van der Waals surface area contributed by atoms with E-state index in [0.717, 1.165) is 55.6 Å². The van der Waals surface area contributed by atoms with Gasteiger partial charge in [-0.2, -0.15) is 13.2 Å². The van der Waals surface area contributed by atoms with Gasteiger partial charge in [0.05, 0.1) is 5.56 Å². The number of benzene rings is 2. The average Bonchev–Trinajstić information content (AvgIpc) is 3.32. The summed E-state index contributed by atoms with van der Waals surface area (Å²) < 4.78 is 46.7. The van der Waals surface area contributed by atoms with E-state index in [2.05, 4.69) is 5.32 Å². The number of fused-ring (bicyclic) bond motifs is 1. The van der Waals surface area contributed by atoms with E-state index < -0.39 is 11.7 Å². The third-order valence-corrected chi connectivity index (χ3v) is 5.85. The summed E-state index contributed by atoms with van der Waals surface area (Å²) >= 11 is 0. The van der Waals surface area contributed by atoms with E-state index in [9.17, 15) is 13.2 Å². The van der Waals surface area contributed by atoms with Gasteiger partial charge in [0.15, 0.2) is 0 Å². The minimum atomic E-state index is -4.33. The van der Waals surface area contributed by atoms with E-state index in [4.69, 9.17) is 4.74 Å². The second-order valence-corrected chi connectivity index (χ2v) is 7.58. The first kappa shape index (κ1) is 18.2.